The first kappa shape index (κ1) is 23.0. The molecule has 3 heterocycles. The molecule has 0 fully saturated rings. The topological polar surface area (TPSA) is 81.5 Å². The van der Waals surface area contributed by atoms with Gasteiger partial charge in [-0.05, 0) is 51.5 Å². The number of fused-ring (bicyclic) bond motifs is 2. The van der Waals surface area contributed by atoms with Crippen LogP contribution >= 0.6 is 11.3 Å². The molecule has 2 aromatic heterocycles. The van der Waals surface area contributed by atoms with Crippen LogP contribution in [0, 0.1) is 13.8 Å². The zero-order valence-corrected chi connectivity index (χ0v) is 21.0. The van der Waals surface area contributed by atoms with Crippen LogP contribution in [-0.4, -0.2) is 34.4 Å². The Kier molecular flexibility index (Phi) is 5.56. The third-order valence-electron chi connectivity index (χ3n) is 6.54. The molecule has 1 amide bonds. The molecule has 2 unspecified atom stereocenters. The Morgan fingerprint density at radius 3 is 2.54 bits per heavy atom. The zero-order chi connectivity index (χ0) is 25.0. The quantitative estimate of drug-likeness (QED) is 0.381. The molecule has 0 bridgehead atoms. The van der Waals surface area contributed by atoms with Crippen molar-refractivity contribution in [3.63, 3.8) is 0 Å². The highest BCUT2D eigenvalue weighted by molar-refractivity contribution is 7.19. The second-order valence-corrected chi connectivity index (χ2v) is 10.1. The van der Waals surface area contributed by atoms with Gasteiger partial charge in [0.2, 0.25) is 0 Å². The summed E-state index contributed by atoms with van der Waals surface area (Å²) in [6.45, 7) is 7.38. The van der Waals surface area contributed by atoms with Crippen LogP contribution < -0.4 is 15.2 Å². The summed E-state index contributed by atoms with van der Waals surface area (Å²) < 4.78 is 7.05. The van der Waals surface area contributed by atoms with E-state index in [1.807, 2.05) is 38.1 Å². The summed E-state index contributed by atoms with van der Waals surface area (Å²) in [5.41, 5.74) is 3.61. The molecule has 4 aromatic rings. The number of ether oxygens (including phenoxy) is 1. The number of aryl methyl sites for hydroxylation is 2. The number of aromatic nitrogens is 2. The zero-order valence-electron chi connectivity index (χ0n) is 20.2. The molecule has 0 saturated heterocycles. The Bertz CT molecular complexity index is 1550. The molecule has 5 rings (SSSR count). The number of hydrogen-bond donors (Lipinski definition) is 0. The Balaban J connectivity index is 1.56. The van der Waals surface area contributed by atoms with Crippen LogP contribution in [0.15, 0.2) is 53.6 Å². The van der Waals surface area contributed by atoms with Crippen LogP contribution in [0.2, 0.25) is 0 Å². The van der Waals surface area contributed by atoms with Crippen molar-refractivity contribution in [2.24, 2.45) is 0 Å². The van der Waals surface area contributed by atoms with Gasteiger partial charge in [0, 0.05) is 23.1 Å². The Morgan fingerprint density at radius 2 is 1.83 bits per heavy atom. The average molecular weight is 488 g/mol. The predicted molar refractivity (Wildman–Crippen MR) is 138 cm³/mol. The van der Waals surface area contributed by atoms with Gasteiger partial charge in [0.15, 0.2) is 11.9 Å². The molecule has 0 radical (unpaired) electrons. The lowest BCUT2D eigenvalue weighted by molar-refractivity contribution is -0.125. The van der Waals surface area contributed by atoms with Crippen molar-refractivity contribution in [3.05, 3.63) is 75.1 Å². The normalized spacial score (nSPS) is 16.2. The molecular formula is C27H25N3O4S. The standard InChI is InChI=1S/C27H25N3O4S/c1-14-6-8-18(9-7-14)22-17(4)35-25-23(22)27(33)30(13-28-25)15(2)24(31)19-10-11-21-20(12-19)29(5)26(32)16(3)34-21/h6-13,15-16H,1-5H3. The van der Waals surface area contributed by atoms with Gasteiger partial charge in [0.1, 0.15) is 10.6 Å². The minimum absolute atomic E-state index is 0.183. The van der Waals surface area contributed by atoms with Crippen LogP contribution in [0.1, 0.15) is 40.7 Å². The van der Waals surface area contributed by atoms with Crippen molar-refractivity contribution < 1.29 is 14.3 Å². The van der Waals surface area contributed by atoms with E-state index in [1.54, 1.807) is 39.1 Å². The lowest BCUT2D eigenvalue weighted by atomic mass is 10.0. The number of ketones is 1. The number of carbonyl (C=O) groups is 2. The van der Waals surface area contributed by atoms with Gasteiger partial charge in [-0.25, -0.2) is 4.98 Å². The molecule has 1 aliphatic heterocycles. The lowest BCUT2D eigenvalue weighted by Crippen LogP contribution is -2.42. The van der Waals surface area contributed by atoms with Crippen LogP contribution in [0.25, 0.3) is 21.3 Å². The van der Waals surface area contributed by atoms with E-state index < -0.39 is 12.1 Å². The Hall–Kier alpha value is -3.78. The number of benzene rings is 2. The van der Waals surface area contributed by atoms with Crippen LogP contribution in [-0.2, 0) is 4.79 Å². The number of thiophene rings is 1. The van der Waals surface area contributed by atoms with Gasteiger partial charge in [-0.15, -0.1) is 11.3 Å². The number of Topliss-reactive ketones (excluding diaryl/α,β-unsaturated/α-hetero) is 1. The summed E-state index contributed by atoms with van der Waals surface area (Å²) in [5, 5.41) is 0.525. The van der Waals surface area contributed by atoms with Gasteiger partial charge < -0.3 is 9.64 Å². The summed E-state index contributed by atoms with van der Waals surface area (Å²) in [6, 6.07) is 12.2. The van der Waals surface area contributed by atoms with E-state index >= 15 is 0 Å². The maximum Gasteiger partial charge on any atom is 0.267 e. The van der Waals surface area contributed by atoms with E-state index in [1.165, 1.54) is 27.1 Å². The number of anilines is 1. The van der Waals surface area contributed by atoms with Gasteiger partial charge in [-0.2, -0.15) is 0 Å². The van der Waals surface area contributed by atoms with Crippen molar-refractivity contribution >= 4 is 38.9 Å². The third-order valence-corrected chi connectivity index (χ3v) is 7.55. The number of nitrogens with zero attached hydrogens (tertiary/aromatic N) is 3. The minimum atomic E-state index is -0.784. The molecule has 178 valence electrons. The van der Waals surface area contributed by atoms with Crippen molar-refractivity contribution in [2.75, 3.05) is 11.9 Å². The van der Waals surface area contributed by atoms with Gasteiger partial charge in [-0.1, -0.05) is 29.8 Å². The Labute approximate surface area is 206 Å². The summed E-state index contributed by atoms with van der Waals surface area (Å²) >= 11 is 1.47. The van der Waals surface area contributed by atoms with Crippen molar-refractivity contribution in [1.82, 2.24) is 9.55 Å². The average Bonchev–Trinajstić information content (AvgIpc) is 3.19. The largest absolute Gasteiger partial charge is 0.479 e. The highest BCUT2D eigenvalue weighted by Crippen LogP contribution is 2.37. The van der Waals surface area contributed by atoms with Gasteiger partial charge >= 0.3 is 0 Å². The van der Waals surface area contributed by atoms with E-state index in [2.05, 4.69) is 4.98 Å². The molecule has 0 N–H and O–H groups in total. The van der Waals surface area contributed by atoms with Gasteiger partial charge in [-0.3, -0.25) is 19.0 Å². The van der Waals surface area contributed by atoms with Crippen molar-refractivity contribution in [3.8, 4) is 16.9 Å². The van der Waals surface area contributed by atoms with Gasteiger partial charge in [0.05, 0.1) is 23.4 Å². The fourth-order valence-electron chi connectivity index (χ4n) is 4.49. The number of carbonyl (C=O) groups excluding carboxylic acids is 2. The first-order chi connectivity index (χ1) is 16.7. The maximum atomic E-state index is 13.6. The smallest absolute Gasteiger partial charge is 0.267 e. The van der Waals surface area contributed by atoms with Crippen LogP contribution in [0.4, 0.5) is 5.69 Å². The summed E-state index contributed by atoms with van der Waals surface area (Å²) in [5.74, 6) is 0.109. The second-order valence-electron chi connectivity index (χ2n) is 8.92. The summed E-state index contributed by atoms with van der Waals surface area (Å²) in [6.07, 6.45) is 0.863. The molecule has 0 aliphatic carbocycles. The monoisotopic (exact) mass is 487 g/mol. The van der Waals surface area contributed by atoms with Gasteiger partial charge in [0.25, 0.3) is 11.5 Å². The second kappa shape index (κ2) is 8.46. The first-order valence-corrected chi connectivity index (χ1v) is 12.2. The minimum Gasteiger partial charge on any atom is -0.479 e. The van der Waals surface area contributed by atoms with Crippen LogP contribution in [0.3, 0.4) is 0 Å². The molecule has 2 aromatic carbocycles. The van der Waals surface area contributed by atoms with E-state index in [-0.39, 0.29) is 17.2 Å². The van der Waals surface area contributed by atoms with Crippen molar-refractivity contribution in [1.29, 1.82) is 0 Å². The molecule has 0 saturated carbocycles. The number of rotatable bonds is 4. The molecule has 0 spiro atoms. The number of likely N-dealkylation sites (N-methyl/N-ethyl adjacent to an activating group) is 1. The maximum absolute atomic E-state index is 13.6. The molecule has 2 atom stereocenters. The van der Waals surface area contributed by atoms with Crippen LogP contribution in [0.5, 0.6) is 5.75 Å². The molecule has 1 aliphatic rings. The Morgan fingerprint density at radius 1 is 1.11 bits per heavy atom. The summed E-state index contributed by atoms with van der Waals surface area (Å²) in [7, 11) is 1.66. The fraction of sp³-hybridized carbons (Fsp3) is 0.259. The summed E-state index contributed by atoms with van der Waals surface area (Å²) in [4.78, 5) is 47.1. The van der Waals surface area contributed by atoms with Crippen molar-refractivity contribution in [2.45, 2.75) is 39.8 Å². The van der Waals surface area contributed by atoms with E-state index in [4.69, 9.17) is 4.74 Å². The highest BCUT2D eigenvalue weighted by Gasteiger charge is 2.30. The molecule has 8 heteroatoms. The van der Waals surface area contributed by atoms with E-state index in [9.17, 15) is 14.4 Å². The predicted octanol–water partition coefficient (Wildman–Crippen LogP) is 4.93. The first-order valence-electron chi connectivity index (χ1n) is 11.4. The van der Waals surface area contributed by atoms with E-state index in [0.717, 1.165) is 21.6 Å². The number of amides is 1. The third kappa shape index (κ3) is 3.74. The SMILES string of the molecule is Cc1ccc(-c2c(C)sc3ncn(C(C)C(=O)c4ccc5c(c4)N(C)C(=O)C(C)O5)c(=O)c23)cc1. The highest BCUT2D eigenvalue weighted by atomic mass is 32.1. The number of hydrogen-bond acceptors (Lipinski definition) is 6. The molecular weight excluding hydrogens is 462 g/mol. The lowest BCUT2D eigenvalue weighted by Gasteiger charge is -2.30. The fourth-order valence-corrected chi connectivity index (χ4v) is 5.49. The van der Waals surface area contributed by atoms with E-state index in [0.29, 0.717) is 27.2 Å². The molecule has 35 heavy (non-hydrogen) atoms. The molecule has 7 nitrogen and oxygen atoms in total.